The van der Waals surface area contributed by atoms with E-state index < -0.39 is 47.9 Å². The van der Waals surface area contributed by atoms with E-state index in [1.54, 1.807) is 48.5 Å². The van der Waals surface area contributed by atoms with Crippen LogP contribution in [-0.2, 0) is 14.4 Å². The number of aliphatic hydroxyl groups is 1. The van der Waals surface area contributed by atoms with E-state index >= 15 is 0 Å². The lowest BCUT2D eigenvalue weighted by atomic mass is 10.0. The highest BCUT2D eigenvalue weighted by molar-refractivity contribution is 6.30. The Labute approximate surface area is 244 Å². The normalized spacial score (nSPS) is 21.1. The molecule has 0 aliphatic carbocycles. The molecule has 1 heterocycles. The molecule has 0 bridgehead atoms. The Morgan fingerprint density at radius 1 is 1.07 bits per heavy atom. The molecule has 11 nitrogen and oxygen atoms in total. The fraction of sp³-hybridized carbons (Fsp3) is 0.448. The molecular weight excluding hydrogens is 552 g/mol. The van der Waals surface area contributed by atoms with E-state index in [-0.39, 0.29) is 49.8 Å². The standard InChI is InChI=1S/C29H37ClN4O7/c1-17(2)23-16-41-24-7-5-4-6-21(24)27(37)32-22(12-13-25(36)34-26(18(3)35)29(39)33-23)28(38)31-14-15-40-20-10-8-19(30)9-11-20/h4-11,17-18,22-23,26,35H,12-16H2,1-3H3,(H,31,38)(H,32,37)(H,33,39)(H,34,36)/t18-,22+,23-,26+/m1/s1. The van der Waals surface area contributed by atoms with Gasteiger partial charge in [0.1, 0.15) is 36.8 Å². The summed E-state index contributed by atoms with van der Waals surface area (Å²) in [4.78, 5) is 52.2. The van der Waals surface area contributed by atoms with Crippen LogP contribution in [-0.4, -0.2) is 72.7 Å². The lowest BCUT2D eigenvalue weighted by Crippen LogP contribution is -2.56. The summed E-state index contributed by atoms with van der Waals surface area (Å²) in [7, 11) is 0. The fourth-order valence-electron chi connectivity index (χ4n) is 4.06. The van der Waals surface area contributed by atoms with E-state index in [2.05, 4.69) is 21.3 Å². The first kappa shape index (κ1) is 31.7. The number of carbonyl (C=O) groups is 4. The van der Waals surface area contributed by atoms with Crippen LogP contribution in [0.4, 0.5) is 0 Å². The van der Waals surface area contributed by atoms with Crippen molar-refractivity contribution in [2.75, 3.05) is 19.8 Å². The molecule has 0 aromatic heterocycles. The van der Waals surface area contributed by atoms with Gasteiger partial charge in [-0.3, -0.25) is 19.2 Å². The number of benzene rings is 2. The number of amides is 4. The second kappa shape index (κ2) is 15.2. The SMILES string of the molecule is CC(C)[C@H]1COc2ccccc2C(=O)N[C@H](C(=O)NCCOc2ccc(Cl)cc2)CCC(=O)N[C@@H]([C@@H](C)O)C(=O)N1. The van der Waals surface area contributed by atoms with Gasteiger partial charge in [-0.1, -0.05) is 37.6 Å². The maximum absolute atomic E-state index is 13.3. The van der Waals surface area contributed by atoms with Gasteiger partial charge in [-0.15, -0.1) is 0 Å². The molecule has 4 atom stereocenters. The zero-order chi connectivity index (χ0) is 29.9. The Kier molecular flexibility index (Phi) is 11.8. The molecule has 0 saturated heterocycles. The third kappa shape index (κ3) is 9.65. The van der Waals surface area contributed by atoms with Crippen LogP contribution in [0, 0.1) is 5.92 Å². The minimum atomic E-state index is -1.21. The monoisotopic (exact) mass is 588 g/mol. The topological polar surface area (TPSA) is 155 Å². The van der Waals surface area contributed by atoms with E-state index in [0.717, 1.165) is 0 Å². The molecule has 0 unspecified atom stereocenters. The molecule has 1 aliphatic rings. The smallest absolute Gasteiger partial charge is 0.255 e. The van der Waals surface area contributed by atoms with Gasteiger partial charge >= 0.3 is 0 Å². The summed E-state index contributed by atoms with van der Waals surface area (Å²) in [6.07, 6.45) is -1.43. The van der Waals surface area contributed by atoms with E-state index in [4.69, 9.17) is 21.1 Å². The molecule has 1 aliphatic heterocycles. The number of carbonyl (C=O) groups excluding carboxylic acids is 4. The fourth-order valence-corrected chi connectivity index (χ4v) is 4.19. The number of para-hydroxylation sites is 1. The largest absolute Gasteiger partial charge is 0.492 e. The first-order valence-electron chi connectivity index (χ1n) is 13.5. The van der Waals surface area contributed by atoms with Gasteiger partial charge in [0, 0.05) is 11.4 Å². The highest BCUT2D eigenvalue weighted by Crippen LogP contribution is 2.20. The third-order valence-electron chi connectivity index (χ3n) is 6.53. The molecule has 12 heteroatoms. The van der Waals surface area contributed by atoms with Gasteiger partial charge in [-0.05, 0) is 55.7 Å². The van der Waals surface area contributed by atoms with Crippen molar-refractivity contribution in [3.8, 4) is 11.5 Å². The van der Waals surface area contributed by atoms with Crippen LogP contribution in [0.1, 0.15) is 44.0 Å². The van der Waals surface area contributed by atoms with Crippen molar-refractivity contribution in [1.82, 2.24) is 21.3 Å². The van der Waals surface area contributed by atoms with Crippen molar-refractivity contribution in [2.24, 2.45) is 5.92 Å². The summed E-state index contributed by atoms with van der Waals surface area (Å²) in [6, 6.07) is 10.6. The minimum Gasteiger partial charge on any atom is -0.492 e. The lowest BCUT2D eigenvalue weighted by molar-refractivity contribution is -0.132. The number of aliphatic hydroxyl groups excluding tert-OH is 1. The van der Waals surface area contributed by atoms with Crippen LogP contribution in [0.15, 0.2) is 48.5 Å². The summed E-state index contributed by atoms with van der Waals surface area (Å²) in [6.45, 7) is 5.51. The predicted molar refractivity (Wildman–Crippen MR) is 153 cm³/mol. The molecule has 0 saturated carbocycles. The third-order valence-corrected chi connectivity index (χ3v) is 6.78. The van der Waals surface area contributed by atoms with Crippen molar-refractivity contribution in [2.45, 2.75) is 57.8 Å². The summed E-state index contributed by atoms with van der Waals surface area (Å²) in [5.74, 6) is -1.40. The summed E-state index contributed by atoms with van der Waals surface area (Å²) >= 11 is 5.88. The number of ether oxygens (including phenoxy) is 2. The molecule has 0 radical (unpaired) electrons. The summed E-state index contributed by atoms with van der Waals surface area (Å²) in [5.41, 5.74) is 0.200. The van der Waals surface area contributed by atoms with Crippen molar-refractivity contribution in [3.05, 3.63) is 59.1 Å². The zero-order valence-corrected chi connectivity index (χ0v) is 24.1. The molecule has 41 heavy (non-hydrogen) atoms. The van der Waals surface area contributed by atoms with Crippen LogP contribution >= 0.6 is 11.6 Å². The average Bonchev–Trinajstić information content (AvgIpc) is 2.94. The van der Waals surface area contributed by atoms with Gasteiger partial charge in [-0.25, -0.2) is 0 Å². The Hall–Kier alpha value is -3.83. The highest BCUT2D eigenvalue weighted by Gasteiger charge is 2.30. The van der Waals surface area contributed by atoms with E-state index in [1.807, 2.05) is 13.8 Å². The number of nitrogens with one attached hydrogen (secondary N) is 4. The molecule has 0 fully saturated rings. The molecule has 0 spiro atoms. The highest BCUT2D eigenvalue weighted by atomic mass is 35.5. The van der Waals surface area contributed by atoms with Gasteiger partial charge in [0.2, 0.25) is 17.7 Å². The number of halogens is 1. The molecule has 3 rings (SSSR count). The number of rotatable bonds is 7. The Balaban J connectivity index is 1.78. The maximum Gasteiger partial charge on any atom is 0.255 e. The van der Waals surface area contributed by atoms with Crippen molar-refractivity contribution in [3.63, 3.8) is 0 Å². The van der Waals surface area contributed by atoms with Crippen LogP contribution in [0.5, 0.6) is 11.5 Å². The second-order valence-electron chi connectivity index (χ2n) is 10.1. The van der Waals surface area contributed by atoms with Crippen LogP contribution in [0.3, 0.4) is 0 Å². The Bertz CT molecular complexity index is 1210. The average molecular weight is 589 g/mol. The molecule has 5 N–H and O–H groups in total. The number of fused-ring (bicyclic) bond motifs is 1. The van der Waals surface area contributed by atoms with E-state index in [1.165, 1.54) is 6.92 Å². The molecule has 2 aromatic rings. The Morgan fingerprint density at radius 2 is 1.78 bits per heavy atom. The van der Waals surface area contributed by atoms with Crippen molar-refractivity contribution >= 4 is 35.2 Å². The van der Waals surface area contributed by atoms with E-state index in [9.17, 15) is 24.3 Å². The zero-order valence-electron chi connectivity index (χ0n) is 23.3. The van der Waals surface area contributed by atoms with Crippen LogP contribution in [0.2, 0.25) is 5.02 Å². The van der Waals surface area contributed by atoms with Gasteiger partial charge in [0.05, 0.1) is 24.3 Å². The predicted octanol–water partition coefficient (Wildman–Crippen LogP) is 1.81. The quantitative estimate of drug-likeness (QED) is 0.309. The first-order chi connectivity index (χ1) is 19.5. The maximum atomic E-state index is 13.3. The molecular formula is C29H37ClN4O7. The molecule has 222 valence electrons. The number of hydrogen-bond donors (Lipinski definition) is 5. The minimum absolute atomic E-state index is 0.0334. The van der Waals surface area contributed by atoms with Gasteiger partial charge in [-0.2, -0.15) is 0 Å². The summed E-state index contributed by atoms with van der Waals surface area (Å²) in [5, 5.41) is 21.6. The van der Waals surface area contributed by atoms with Gasteiger partial charge in [0.15, 0.2) is 0 Å². The Morgan fingerprint density at radius 3 is 2.46 bits per heavy atom. The van der Waals surface area contributed by atoms with Crippen LogP contribution < -0.4 is 30.7 Å². The van der Waals surface area contributed by atoms with Crippen LogP contribution in [0.25, 0.3) is 0 Å². The van der Waals surface area contributed by atoms with Gasteiger partial charge < -0.3 is 35.8 Å². The summed E-state index contributed by atoms with van der Waals surface area (Å²) < 4.78 is 11.5. The lowest BCUT2D eigenvalue weighted by Gasteiger charge is -2.27. The molecule has 4 amide bonds. The number of hydrogen-bond acceptors (Lipinski definition) is 7. The van der Waals surface area contributed by atoms with Crippen molar-refractivity contribution < 1.29 is 33.8 Å². The second-order valence-corrected chi connectivity index (χ2v) is 10.5. The van der Waals surface area contributed by atoms with Crippen molar-refractivity contribution in [1.29, 1.82) is 0 Å². The van der Waals surface area contributed by atoms with E-state index in [0.29, 0.717) is 10.8 Å². The van der Waals surface area contributed by atoms with Gasteiger partial charge in [0.25, 0.3) is 5.91 Å². The first-order valence-corrected chi connectivity index (χ1v) is 13.9. The molecule has 2 aromatic carbocycles.